The topological polar surface area (TPSA) is 81.1 Å². The molecule has 2 heterocycles. The lowest BCUT2D eigenvalue weighted by molar-refractivity contribution is -0.131. The zero-order chi connectivity index (χ0) is 24.4. The molecule has 0 atom stereocenters. The summed E-state index contributed by atoms with van der Waals surface area (Å²) in [5.41, 5.74) is 3.39. The molecule has 0 unspecified atom stereocenters. The van der Waals surface area contributed by atoms with E-state index < -0.39 is 5.97 Å². The van der Waals surface area contributed by atoms with Gasteiger partial charge in [0.15, 0.2) is 0 Å². The molecule has 0 aliphatic rings. The van der Waals surface area contributed by atoms with Crippen LogP contribution in [0.25, 0.3) is 28.4 Å². The van der Waals surface area contributed by atoms with E-state index in [0.717, 1.165) is 33.8 Å². The van der Waals surface area contributed by atoms with E-state index in [-0.39, 0.29) is 16.0 Å². The quantitative estimate of drug-likeness (QED) is 0.179. The third-order valence-electron chi connectivity index (χ3n) is 5.31. The Bertz CT molecular complexity index is 1560. The zero-order valence-corrected chi connectivity index (χ0v) is 20.4. The van der Waals surface area contributed by atoms with E-state index in [4.69, 9.17) is 27.6 Å². The van der Waals surface area contributed by atoms with Gasteiger partial charge in [-0.1, -0.05) is 59.6 Å². The van der Waals surface area contributed by atoms with Crippen LogP contribution in [0.1, 0.15) is 11.1 Å². The first-order valence-corrected chi connectivity index (χ1v) is 12.1. The number of carboxylic acids is 1. The molecule has 0 spiro atoms. The van der Waals surface area contributed by atoms with Gasteiger partial charge in [-0.3, -0.25) is 0 Å². The number of para-hydroxylation sites is 1. The first-order chi connectivity index (χ1) is 17.0. The molecule has 5 rings (SSSR count). The van der Waals surface area contributed by atoms with Crippen molar-refractivity contribution in [3.63, 3.8) is 0 Å². The van der Waals surface area contributed by atoms with Crippen LogP contribution < -0.4 is 0 Å². The smallest absolute Gasteiger partial charge is 0.342 e. The second-order valence-corrected chi connectivity index (χ2v) is 9.45. The fourth-order valence-corrected chi connectivity index (χ4v) is 4.65. The maximum Gasteiger partial charge on any atom is 0.342 e. The van der Waals surface area contributed by atoms with Crippen molar-refractivity contribution >= 4 is 57.9 Å². The Balaban J connectivity index is 1.47. The van der Waals surface area contributed by atoms with Crippen LogP contribution in [0, 0.1) is 0 Å². The molecule has 0 fully saturated rings. The van der Waals surface area contributed by atoms with Gasteiger partial charge < -0.3 is 14.1 Å². The van der Waals surface area contributed by atoms with Crippen molar-refractivity contribution in [2.75, 3.05) is 0 Å². The highest BCUT2D eigenvalue weighted by atomic mass is 35.5. The third-order valence-corrected chi connectivity index (χ3v) is 6.78. The SMILES string of the molecule is O=C(O)/C(=C/c1cn(Cc2ccccc2Cl)c2ccccc12)Sc1nnc(-c2ccc(Cl)cc2)o1. The Morgan fingerprint density at radius 3 is 2.51 bits per heavy atom. The first-order valence-electron chi connectivity index (χ1n) is 10.5. The molecule has 174 valence electrons. The highest BCUT2D eigenvalue weighted by Gasteiger charge is 2.18. The number of aliphatic carboxylic acids is 1. The molecule has 0 aliphatic heterocycles. The Hall–Kier alpha value is -3.52. The summed E-state index contributed by atoms with van der Waals surface area (Å²) in [4.78, 5) is 12.1. The lowest BCUT2D eigenvalue weighted by atomic mass is 10.1. The fourth-order valence-electron chi connectivity index (χ4n) is 3.66. The standard InChI is InChI=1S/C26H17Cl2N3O3S/c27-19-11-9-16(10-12-19)24-29-30-26(34-24)35-23(25(32)33)13-18-15-31(22-8-4-2-6-20(18)22)14-17-5-1-3-7-21(17)28/h1-13,15H,14H2,(H,32,33)/b23-13-. The summed E-state index contributed by atoms with van der Waals surface area (Å²) in [6, 6.07) is 22.4. The number of aromatic nitrogens is 3. The molecule has 0 radical (unpaired) electrons. The van der Waals surface area contributed by atoms with Gasteiger partial charge in [-0.2, -0.15) is 0 Å². The summed E-state index contributed by atoms with van der Waals surface area (Å²) >= 11 is 13.2. The number of carbonyl (C=O) groups is 1. The van der Waals surface area contributed by atoms with Crippen molar-refractivity contribution in [1.82, 2.24) is 14.8 Å². The average Bonchev–Trinajstić information content (AvgIpc) is 3.46. The Kier molecular flexibility index (Phi) is 6.63. The van der Waals surface area contributed by atoms with Crippen LogP contribution in [0.2, 0.25) is 10.0 Å². The number of thioether (sulfide) groups is 1. The predicted molar refractivity (Wildman–Crippen MR) is 139 cm³/mol. The Morgan fingerprint density at radius 1 is 1.00 bits per heavy atom. The van der Waals surface area contributed by atoms with Gasteiger partial charge >= 0.3 is 5.97 Å². The molecule has 0 aliphatic carbocycles. The minimum atomic E-state index is -1.09. The molecule has 0 saturated heterocycles. The van der Waals surface area contributed by atoms with Gasteiger partial charge in [0.2, 0.25) is 5.89 Å². The van der Waals surface area contributed by atoms with Gasteiger partial charge in [0.1, 0.15) is 4.91 Å². The van der Waals surface area contributed by atoms with Crippen molar-refractivity contribution in [2.24, 2.45) is 0 Å². The maximum absolute atomic E-state index is 12.1. The van der Waals surface area contributed by atoms with Gasteiger partial charge in [0.25, 0.3) is 5.22 Å². The molecule has 0 saturated carbocycles. The lowest BCUT2D eigenvalue weighted by Crippen LogP contribution is -1.98. The Labute approximate surface area is 214 Å². The number of rotatable bonds is 7. The molecule has 0 bridgehead atoms. The molecule has 1 N–H and O–H groups in total. The fraction of sp³-hybridized carbons (Fsp3) is 0.0385. The minimum absolute atomic E-state index is 0.0527. The van der Waals surface area contributed by atoms with Gasteiger partial charge in [-0.05, 0) is 59.8 Å². The molecule has 3 aromatic carbocycles. The van der Waals surface area contributed by atoms with Crippen LogP contribution in [0.4, 0.5) is 0 Å². The summed E-state index contributed by atoms with van der Waals surface area (Å²) < 4.78 is 7.74. The molecule has 5 aromatic rings. The maximum atomic E-state index is 12.1. The molecule has 0 amide bonds. The van der Waals surface area contributed by atoms with E-state index in [1.165, 1.54) is 0 Å². The van der Waals surface area contributed by atoms with Crippen LogP contribution in [-0.4, -0.2) is 25.8 Å². The average molecular weight is 522 g/mol. The van der Waals surface area contributed by atoms with Crippen LogP contribution in [0.5, 0.6) is 0 Å². The van der Waals surface area contributed by atoms with E-state index >= 15 is 0 Å². The van der Waals surface area contributed by atoms with Crippen molar-refractivity contribution < 1.29 is 14.3 Å². The largest absolute Gasteiger partial charge is 0.477 e. The van der Waals surface area contributed by atoms with Crippen LogP contribution in [0.3, 0.4) is 0 Å². The van der Waals surface area contributed by atoms with Gasteiger partial charge in [0.05, 0.1) is 0 Å². The normalized spacial score (nSPS) is 11.8. The van der Waals surface area contributed by atoms with Gasteiger partial charge in [-0.25, -0.2) is 4.79 Å². The number of hydrogen-bond donors (Lipinski definition) is 1. The summed E-state index contributed by atoms with van der Waals surface area (Å²) in [5, 5.41) is 20.2. The number of halogens is 2. The molecular weight excluding hydrogens is 505 g/mol. The number of hydrogen-bond acceptors (Lipinski definition) is 5. The number of fused-ring (bicyclic) bond motifs is 1. The predicted octanol–water partition coefficient (Wildman–Crippen LogP) is 7.26. The van der Waals surface area contributed by atoms with Crippen molar-refractivity contribution in [3.8, 4) is 11.5 Å². The second kappa shape index (κ2) is 10.00. The molecule has 2 aromatic heterocycles. The van der Waals surface area contributed by atoms with Gasteiger partial charge in [0, 0.05) is 44.8 Å². The van der Waals surface area contributed by atoms with Crippen molar-refractivity contribution in [3.05, 3.63) is 105 Å². The van der Waals surface area contributed by atoms with E-state index in [1.54, 1.807) is 30.3 Å². The monoisotopic (exact) mass is 521 g/mol. The number of benzene rings is 3. The van der Waals surface area contributed by atoms with Gasteiger partial charge in [-0.15, -0.1) is 10.2 Å². The summed E-state index contributed by atoms with van der Waals surface area (Å²) in [6.45, 7) is 0.553. The lowest BCUT2D eigenvalue weighted by Gasteiger charge is -2.07. The second-order valence-electron chi connectivity index (χ2n) is 7.62. The van der Waals surface area contributed by atoms with E-state index in [0.29, 0.717) is 22.2 Å². The molecule has 35 heavy (non-hydrogen) atoms. The first kappa shape index (κ1) is 23.2. The number of carboxylic acid groups (broad SMARTS) is 1. The van der Waals surface area contributed by atoms with E-state index in [9.17, 15) is 9.90 Å². The van der Waals surface area contributed by atoms with E-state index in [1.807, 2.05) is 54.7 Å². The van der Waals surface area contributed by atoms with Crippen molar-refractivity contribution in [2.45, 2.75) is 11.8 Å². The molecule has 9 heteroatoms. The zero-order valence-electron chi connectivity index (χ0n) is 18.1. The molecular formula is C26H17Cl2N3O3S. The Morgan fingerprint density at radius 2 is 1.74 bits per heavy atom. The third kappa shape index (κ3) is 5.12. The van der Waals surface area contributed by atoms with Crippen LogP contribution in [-0.2, 0) is 11.3 Å². The summed E-state index contributed by atoms with van der Waals surface area (Å²) in [7, 11) is 0. The minimum Gasteiger partial charge on any atom is -0.477 e. The summed E-state index contributed by atoms with van der Waals surface area (Å²) in [6.07, 6.45) is 3.54. The van der Waals surface area contributed by atoms with Crippen LogP contribution >= 0.6 is 35.0 Å². The highest BCUT2D eigenvalue weighted by Crippen LogP contribution is 2.33. The number of nitrogens with zero attached hydrogens (tertiary/aromatic N) is 3. The summed E-state index contributed by atoms with van der Waals surface area (Å²) in [5.74, 6) is -0.811. The van der Waals surface area contributed by atoms with Crippen LogP contribution in [0.15, 0.2) is 93.5 Å². The molecule has 6 nitrogen and oxygen atoms in total. The highest BCUT2D eigenvalue weighted by molar-refractivity contribution is 8.03. The van der Waals surface area contributed by atoms with Crippen molar-refractivity contribution in [1.29, 1.82) is 0 Å². The van der Waals surface area contributed by atoms with E-state index in [2.05, 4.69) is 14.8 Å².